The molecule has 0 fully saturated rings. The van der Waals surface area contributed by atoms with Crippen LogP contribution in [0.2, 0.25) is 0 Å². The van der Waals surface area contributed by atoms with Crippen LogP contribution in [0.5, 0.6) is 5.75 Å². The van der Waals surface area contributed by atoms with Crippen LogP contribution in [0.15, 0.2) is 90.7 Å². The molecule has 5 rings (SSSR count). The summed E-state index contributed by atoms with van der Waals surface area (Å²) in [6.45, 7) is 8.59. The van der Waals surface area contributed by atoms with Crippen molar-refractivity contribution < 1.29 is 56.7 Å². The van der Waals surface area contributed by atoms with E-state index in [1.165, 1.54) is 28.6 Å². The number of hydrogen-bond donors (Lipinski definition) is 7. The van der Waals surface area contributed by atoms with Crippen LogP contribution in [0.4, 0.5) is 25.8 Å². The molecular weight excluding hydrogens is 919 g/mol. The number of amides is 6. The number of para-hydroxylation sites is 2. The first kappa shape index (κ1) is 54.5. The molecule has 0 radical (unpaired) electrons. The molecule has 2 aliphatic rings. The number of nitrogens with two attached hydrogens (primary N) is 1. The minimum Gasteiger partial charge on any atom is -0.507 e. The summed E-state index contributed by atoms with van der Waals surface area (Å²) in [6.07, 6.45) is 8.99. The zero-order valence-corrected chi connectivity index (χ0v) is 40.6. The van der Waals surface area contributed by atoms with Crippen LogP contribution in [0.1, 0.15) is 74.9 Å². The Morgan fingerprint density at radius 3 is 2.27 bits per heavy atom. The molecule has 0 aliphatic carbocycles. The normalized spacial score (nSPS) is 15.7. The van der Waals surface area contributed by atoms with E-state index in [9.17, 15) is 42.7 Å². The van der Waals surface area contributed by atoms with Gasteiger partial charge >= 0.3 is 0 Å². The molecule has 19 heteroatoms. The molecule has 2 unspecified atom stereocenters. The minimum absolute atomic E-state index is 0.0328. The average Bonchev–Trinajstić information content (AvgIpc) is 3.66. The van der Waals surface area contributed by atoms with Crippen molar-refractivity contribution in [1.82, 2.24) is 21.3 Å². The fourth-order valence-electron chi connectivity index (χ4n) is 8.60. The lowest BCUT2D eigenvalue weighted by Crippen LogP contribution is -2.52. The van der Waals surface area contributed by atoms with Crippen LogP contribution < -0.4 is 37.2 Å². The summed E-state index contributed by atoms with van der Waals surface area (Å²) >= 11 is 0. The maximum absolute atomic E-state index is 13.3. The average molecular weight is 982 g/mol. The molecule has 0 saturated heterocycles. The van der Waals surface area contributed by atoms with E-state index in [0.717, 1.165) is 23.5 Å². The van der Waals surface area contributed by atoms with Gasteiger partial charge in [0.2, 0.25) is 35.7 Å². The number of unbranched alkanes of at least 4 members (excludes halogenated alkanes) is 1. The predicted molar refractivity (Wildman–Crippen MR) is 264 cm³/mol. The van der Waals surface area contributed by atoms with Crippen molar-refractivity contribution in [1.29, 1.82) is 0 Å². The molecule has 8 N–H and O–H groups in total. The third-order valence-electron chi connectivity index (χ3n) is 12.3. The van der Waals surface area contributed by atoms with Gasteiger partial charge in [0, 0.05) is 78.7 Å². The van der Waals surface area contributed by atoms with E-state index >= 15 is 0 Å². The van der Waals surface area contributed by atoms with Gasteiger partial charge in [-0.05, 0) is 62.4 Å². The number of rotatable bonds is 25. The van der Waals surface area contributed by atoms with Crippen molar-refractivity contribution in [2.75, 3.05) is 63.3 Å². The van der Waals surface area contributed by atoms with Gasteiger partial charge in [-0.25, -0.2) is 8.78 Å². The van der Waals surface area contributed by atoms with Crippen molar-refractivity contribution in [2.45, 2.75) is 82.7 Å². The Hall–Kier alpha value is -7.43. The summed E-state index contributed by atoms with van der Waals surface area (Å²) < 4.78 is 39.5. The van der Waals surface area contributed by atoms with E-state index in [1.807, 2.05) is 18.1 Å². The number of nitrogens with zero attached hydrogens (tertiary/aromatic N) is 2. The number of primary amides is 1. The van der Waals surface area contributed by atoms with E-state index < -0.39 is 66.8 Å². The monoisotopic (exact) mass is 981 g/mol. The maximum Gasteiger partial charge on any atom is 0.300 e. The van der Waals surface area contributed by atoms with E-state index in [4.69, 9.17) is 21.6 Å². The van der Waals surface area contributed by atoms with Crippen molar-refractivity contribution in [3.63, 3.8) is 0 Å². The second-order valence-electron chi connectivity index (χ2n) is 18.0. The Balaban J connectivity index is 0.990. The van der Waals surface area contributed by atoms with Gasteiger partial charge in [0.25, 0.3) is 11.8 Å². The quantitative estimate of drug-likeness (QED) is 0.0366. The van der Waals surface area contributed by atoms with Crippen molar-refractivity contribution in [2.24, 2.45) is 5.73 Å². The lowest BCUT2D eigenvalue weighted by Gasteiger charge is -2.27. The Morgan fingerprint density at radius 2 is 1.58 bits per heavy atom. The molecule has 3 aromatic rings. The van der Waals surface area contributed by atoms with Crippen molar-refractivity contribution in [3.05, 3.63) is 107 Å². The molecule has 6 amide bonds. The summed E-state index contributed by atoms with van der Waals surface area (Å²) in [5, 5.41) is 22.2. The fraction of sp³-hybridized carbons (Fsp3) is 0.404. The van der Waals surface area contributed by atoms with Gasteiger partial charge in [-0.1, -0.05) is 56.3 Å². The van der Waals surface area contributed by atoms with Crippen LogP contribution in [0.25, 0.3) is 0 Å². The molecule has 378 valence electrons. The first-order valence-corrected chi connectivity index (χ1v) is 23.2. The zero-order valence-electron chi connectivity index (χ0n) is 40.6. The molecule has 2 heterocycles. The number of phenolic OH excluding ortho intramolecular Hbond substituents is 1. The number of allylic oxidation sites excluding steroid dienone is 4. The van der Waals surface area contributed by atoms with Crippen LogP contribution in [0, 0.1) is 12.3 Å². The number of alkyl halides is 2. The molecule has 2 atom stereocenters. The van der Waals surface area contributed by atoms with Gasteiger partial charge in [-0.2, -0.15) is 4.58 Å². The van der Waals surface area contributed by atoms with Crippen LogP contribution in [0.3, 0.4) is 0 Å². The Kier molecular flexibility index (Phi) is 19.1. The Morgan fingerprint density at radius 1 is 0.873 bits per heavy atom. The van der Waals surface area contributed by atoms with Gasteiger partial charge < -0.3 is 51.8 Å². The SMILES string of the molecule is C#CC(=O)Nc1ccc(C(=O)NC(CC(F)F)C(=O)NCCOCCOCC(=O)NC(CNC(=O)CCCCN2C(=CC=CC3=[N+](C)c4ccccc4C3(C)C)C(C)(C)c3ccccc32)C(N)=O)c(O)c1. The molecule has 71 heavy (non-hydrogen) atoms. The molecule has 0 saturated carbocycles. The first-order valence-electron chi connectivity index (χ1n) is 23.2. The van der Waals surface area contributed by atoms with Gasteiger partial charge in [0.15, 0.2) is 5.71 Å². The molecular formula is C52H63F2N8O9+. The number of ether oxygens (including phenoxy) is 2. The van der Waals surface area contributed by atoms with Crippen LogP contribution in [-0.2, 0) is 44.3 Å². The van der Waals surface area contributed by atoms with Crippen LogP contribution >= 0.6 is 0 Å². The largest absolute Gasteiger partial charge is 0.507 e. The lowest BCUT2D eigenvalue weighted by atomic mass is 9.81. The van der Waals surface area contributed by atoms with Gasteiger partial charge in [0.1, 0.15) is 31.5 Å². The van der Waals surface area contributed by atoms with E-state index in [-0.39, 0.29) is 67.3 Å². The number of nitrogens with one attached hydrogen (secondary N) is 5. The number of anilines is 2. The highest BCUT2D eigenvalue weighted by molar-refractivity contribution is 6.05. The first-order chi connectivity index (χ1) is 33.8. The number of benzene rings is 3. The third-order valence-corrected chi connectivity index (χ3v) is 12.3. The summed E-state index contributed by atoms with van der Waals surface area (Å²) in [5.41, 5.74) is 12.0. The smallest absolute Gasteiger partial charge is 0.300 e. The van der Waals surface area contributed by atoms with Gasteiger partial charge in [-0.15, -0.1) is 6.42 Å². The highest BCUT2D eigenvalue weighted by Gasteiger charge is 2.43. The molecule has 17 nitrogen and oxygen atoms in total. The fourth-order valence-corrected chi connectivity index (χ4v) is 8.60. The van der Waals surface area contributed by atoms with Crippen molar-refractivity contribution in [3.8, 4) is 18.1 Å². The van der Waals surface area contributed by atoms with Crippen molar-refractivity contribution >= 4 is 58.2 Å². The number of aromatic hydroxyl groups is 1. The number of carbonyl (C=O) groups is 6. The standard InChI is InChI=1S/C52H62F2N8O9/c1-7-45(64)58-33-22-23-34(41(63)29-33)49(68)60-37(30-44(53)54)50(69)56-24-26-70-27-28-71-32-47(66)59-38(48(55)67)31-57-46(65)21-12-13-25-62-40-18-11-9-16-36(40)52(4,5)43(62)20-14-19-42-51(2,3)35-15-8-10-17-39(35)61(42)6/h1,8-11,14-20,22-23,29,37-38,44H,12-13,21,24-28,30-32H2,2-6H3,(H7-,55,56,57,58,59,60,63,64,65,66,67,68,69)/p+1. The topological polar surface area (TPSA) is 234 Å². The highest BCUT2D eigenvalue weighted by Crippen LogP contribution is 2.48. The summed E-state index contributed by atoms with van der Waals surface area (Å²) in [4.78, 5) is 76.6. The number of hydrogen-bond acceptors (Lipinski definition) is 10. The number of fused-ring (bicyclic) bond motifs is 2. The number of carbonyl (C=O) groups excluding carboxylic acids is 6. The molecule has 3 aromatic carbocycles. The van der Waals surface area contributed by atoms with E-state index in [0.29, 0.717) is 19.4 Å². The number of halogens is 2. The second-order valence-corrected chi connectivity index (χ2v) is 18.0. The van der Waals surface area contributed by atoms with Crippen LogP contribution in [-0.4, -0.2) is 122 Å². The summed E-state index contributed by atoms with van der Waals surface area (Å²) in [5.74, 6) is -3.36. The third kappa shape index (κ3) is 14.3. The zero-order chi connectivity index (χ0) is 51.9. The summed E-state index contributed by atoms with van der Waals surface area (Å²) in [6, 6.07) is 17.3. The molecule has 2 aliphatic heterocycles. The molecule has 0 aromatic heterocycles. The van der Waals surface area contributed by atoms with Gasteiger partial charge in [0.05, 0.1) is 30.8 Å². The van der Waals surface area contributed by atoms with E-state index in [1.54, 1.807) is 0 Å². The number of terminal acetylenes is 1. The predicted octanol–water partition coefficient (Wildman–Crippen LogP) is 4.07. The molecule has 0 spiro atoms. The lowest BCUT2D eigenvalue weighted by molar-refractivity contribution is -0.401. The second kappa shape index (κ2) is 24.9. The van der Waals surface area contributed by atoms with E-state index in [2.05, 4.69) is 125 Å². The molecule has 0 bridgehead atoms. The highest BCUT2D eigenvalue weighted by atomic mass is 19.3. The van der Waals surface area contributed by atoms with Gasteiger partial charge in [-0.3, -0.25) is 28.8 Å². The minimum atomic E-state index is -2.96. The Bertz CT molecular complexity index is 2600. The summed E-state index contributed by atoms with van der Waals surface area (Å²) in [7, 11) is 2.10. The maximum atomic E-state index is 13.3. The Labute approximate surface area is 412 Å². The number of phenols is 1.